The highest BCUT2D eigenvalue weighted by atomic mass is 35.5. The first-order valence-corrected chi connectivity index (χ1v) is 13.5. The van der Waals surface area contributed by atoms with Gasteiger partial charge in [-0.15, -0.1) is 0 Å². The molecule has 8 nitrogen and oxygen atoms in total. The van der Waals surface area contributed by atoms with Crippen molar-refractivity contribution in [2.24, 2.45) is 0 Å². The molecule has 1 N–H and O–H groups in total. The third-order valence-corrected chi connectivity index (χ3v) is 7.27. The van der Waals surface area contributed by atoms with E-state index in [-0.39, 0.29) is 23.5 Å². The molecule has 9 heteroatoms. The molecule has 1 aliphatic heterocycles. The summed E-state index contributed by atoms with van der Waals surface area (Å²) >= 11 is 6.31. The molecule has 4 aromatic rings. The van der Waals surface area contributed by atoms with Crippen molar-refractivity contribution in [2.75, 3.05) is 46.5 Å². The Labute approximate surface area is 237 Å². The molecular weight excluding hydrogens is 530 g/mol. The number of amides is 1. The number of methoxy groups -OCH3 is 1. The number of esters is 1. The molecule has 0 aliphatic carbocycles. The topological polar surface area (TPSA) is 89.9 Å². The molecule has 0 unspecified atom stereocenters. The summed E-state index contributed by atoms with van der Waals surface area (Å²) in [7, 11) is 1.29. The molecule has 0 atom stereocenters. The van der Waals surface area contributed by atoms with Crippen molar-refractivity contribution in [1.29, 1.82) is 0 Å². The monoisotopic (exact) mass is 559 g/mol. The van der Waals surface area contributed by atoms with Crippen molar-refractivity contribution >= 4 is 34.4 Å². The molecule has 0 spiro atoms. The minimum Gasteiger partial charge on any atom is -0.464 e. The number of nitrogens with zero attached hydrogens (tertiary/aromatic N) is 2. The molecule has 0 saturated carbocycles. The van der Waals surface area contributed by atoms with Crippen LogP contribution in [0.15, 0.2) is 77.6 Å². The summed E-state index contributed by atoms with van der Waals surface area (Å²) < 4.78 is 12.2. The molecule has 1 aliphatic rings. The number of nitrogens with one attached hydrogen (secondary N) is 1. The van der Waals surface area contributed by atoms with Crippen molar-refractivity contribution < 1.29 is 19.1 Å². The van der Waals surface area contributed by atoms with E-state index in [2.05, 4.69) is 10.2 Å². The maximum atomic E-state index is 13.8. The molecule has 206 valence electrons. The van der Waals surface area contributed by atoms with Gasteiger partial charge in [0.15, 0.2) is 5.43 Å². The molecule has 5 rings (SSSR count). The number of ether oxygens (including phenoxy) is 2. The Kier molecular flexibility index (Phi) is 8.60. The van der Waals surface area contributed by atoms with E-state index >= 15 is 0 Å². The van der Waals surface area contributed by atoms with Crippen molar-refractivity contribution in [2.45, 2.75) is 6.42 Å². The average Bonchev–Trinajstić information content (AvgIpc) is 2.99. The Bertz CT molecular complexity index is 1580. The smallest absolute Gasteiger partial charge is 0.355 e. The highest BCUT2D eigenvalue weighted by Crippen LogP contribution is 2.26. The number of carbonyl (C=O) groups excluding carboxylic acids is 2. The van der Waals surface area contributed by atoms with E-state index in [1.807, 2.05) is 30.3 Å². The van der Waals surface area contributed by atoms with Gasteiger partial charge in [0.05, 0.1) is 25.8 Å². The lowest BCUT2D eigenvalue weighted by Crippen LogP contribution is -2.41. The van der Waals surface area contributed by atoms with Gasteiger partial charge >= 0.3 is 5.97 Å². The summed E-state index contributed by atoms with van der Waals surface area (Å²) in [6.45, 7) is 4.48. The number of hydrogen-bond donors (Lipinski definition) is 1. The van der Waals surface area contributed by atoms with Crippen molar-refractivity contribution in [1.82, 2.24) is 14.8 Å². The van der Waals surface area contributed by atoms with Crippen LogP contribution in [0.1, 0.15) is 32.0 Å². The first-order valence-electron chi connectivity index (χ1n) is 13.1. The number of halogens is 1. The van der Waals surface area contributed by atoms with Crippen molar-refractivity contribution in [3.05, 3.63) is 110 Å². The second kappa shape index (κ2) is 12.5. The fourth-order valence-electron chi connectivity index (χ4n) is 4.96. The van der Waals surface area contributed by atoms with Gasteiger partial charge in [0.1, 0.15) is 5.69 Å². The van der Waals surface area contributed by atoms with Crippen LogP contribution >= 0.6 is 11.6 Å². The van der Waals surface area contributed by atoms with E-state index in [0.29, 0.717) is 52.5 Å². The Balaban J connectivity index is 1.46. The van der Waals surface area contributed by atoms with Gasteiger partial charge < -0.3 is 19.4 Å². The molecule has 0 bridgehead atoms. The van der Waals surface area contributed by atoms with E-state index in [1.165, 1.54) is 7.11 Å². The van der Waals surface area contributed by atoms with Crippen LogP contribution in [0.25, 0.3) is 16.6 Å². The summed E-state index contributed by atoms with van der Waals surface area (Å²) in [5.74, 6) is -0.793. The van der Waals surface area contributed by atoms with E-state index < -0.39 is 5.97 Å². The predicted octanol–water partition coefficient (Wildman–Crippen LogP) is 4.08. The van der Waals surface area contributed by atoms with E-state index in [1.54, 1.807) is 47.0 Å². The Hall–Kier alpha value is -3.98. The normalized spacial score (nSPS) is 13.8. The van der Waals surface area contributed by atoms with Gasteiger partial charge in [-0.25, -0.2) is 4.79 Å². The van der Waals surface area contributed by atoms with Crippen LogP contribution in [0, 0.1) is 0 Å². The number of benzene rings is 3. The second-order valence-electron chi connectivity index (χ2n) is 9.56. The summed E-state index contributed by atoms with van der Waals surface area (Å²) in [6.07, 6.45) is 0.174. The quantitative estimate of drug-likeness (QED) is 0.327. The second-order valence-corrected chi connectivity index (χ2v) is 10.0. The number of rotatable bonds is 8. The molecule has 3 aromatic carbocycles. The van der Waals surface area contributed by atoms with Gasteiger partial charge in [0.2, 0.25) is 0 Å². The lowest BCUT2D eigenvalue weighted by atomic mass is 9.98. The van der Waals surface area contributed by atoms with Crippen LogP contribution in [0.5, 0.6) is 0 Å². The van der Waals surface area contributed by atoms with Gasteiger partial charge in [-0.05, 0) is 48.0 Å². The molecule has 1 fully saturated rings. The predicted molar refractivity (Wildman–Crippen MR) is 155 cm³/mol. The zero-order chi connectivity index (χ0) is 28.1. The maximum Gasteiger partial charge on any atom is 0.355 e. The van der Waals surface area contributed by atoms with Crippen LogP contribution in [0.3, 0.4) is 0 Å². The highest BCUT2D eigenvalue weighted by molar-refractivity contribution is 6.31. The minimum atomic E-state index is -0.630. The number of pyridine rings is 1. The zero-order valence-corrected chi connectivity index (χ0v) is 22.9. The molecule has 2 heterocycles. The fraction of sp³-hybridized carbons (Fsp3) is 0.258. The third-order valence-electron chi connectivity index (χ3n) is 7.04. The summed E-state index contributed by atoms with van der Waals surface area (Å²) in [4.78, 5) is 41.9. The van der Waals surface area contributed by atoms with Gasteiger partial charge in [-0.2, -0.15) is 0 Å². The number of carbonyl (C=O) groups is 2. The number of para-hydroxylation sites is 1. The van der Waals surface area contributed by atoms with Crippen molar-refractivity contribution in [3.8, 4) is 5.69 Å². The Morgan fingerprint density at radius 3 is 2.42 bits per heavy atom. The highest BCUT2D eigenvalue weighted by Gasteiger charge is 2.24. The number of fused-ring (bicyclic) bond motifs is 1. The van der Waals surface area contributed by atoms with Crippen LogP contribution in [0.2, 0.25) is 5.02 Å². The Morgan fingerprint density at radius 2 is 1.73 bits per heavy atom. The lowest BCUT2D eigenvalue weighted by Gasteiger charge is -2.26. The molecular formula is C31H30ClN3O5. The molecule has 1 aromatic heterocycles. The maximum absolute atomic E-state index is 13.8. The first-order chi connectivity index (χ1) is 19.5. The zero-order valence-electron chi connectivity index (χ0n) is 22.2. The number of aromatic nitrogens is 1. The lowest BCUT2D eigenvalue weighted by molar-refractivity contribution is 0.0383. The van der Waals surface area contributed by atoms with E-state index in [0.717, 1.165) is 25.2 Å². The van der Waals surface area contributed by atoms with Gasteiger partial charge in [-0.1, -0.05) is 41.9 Å². The molecule has 0 radical (unpaired) electrons. The van der Waals surface area contributed by atoms with Gasteiger partial charge in [-0.3, -0.25) is 14.5 Å². The third kappa shape index (κ3) is 5.94. The number of morpholine rings is 1. The molecule has 1 amide bonds. The molecule has 40 heavy (non-hydrogen) atoms. The van der Waals surface area contributed by atoms with Crippen LogP contribution in [-0.4, -0.2) is 67.8 Å². The summed E-state index contributed by atoms with van der Waals surface area (Å²) in [5.41, 5.74) is 2.67. The van der Waals surface area contributed by atoms with E-state index in [4.69, 9.17) is 21.1 Å². The van der Waals surface area contributed by atoms with Gasteiger partial charge in [0, 0.05) is 59.8 Å². The average molecular weight is 560 g/mol. The van der Waals surface area contributed by atoms with Crippen LogP contribution in [0.4, 0.5) is 0 Å². The van der Waals surface area contributed by atoms with Crippen molar-refractivity contribution in [3.63, 3.8) is 0 Å². The summed E-state index contributed by atoms with van der Waals surface area (Å²) in [6, 6.07) is 21.4. The van der Waals surface area contributed by atoms with Crippen LogP contribution in [-0.2, 0) is 15.9 Å². The fourth-order valence-corrected chi connectivity index (χ4v) is 5.13. The van der Waals surface area contributed by atoms with Crippen LogP contribution < -0.4 is 10.7 Å². The van der Waals surface area contributed by atoms with E-state index in [9.17, 15) is 14.4 Å². The first kappa shape index (κ1) is 27.6. The SMILES string of the molecule is COC(=O)c1c(Cc2ccc(C(=O)NCCN3CCOCC3)cc2)c(=O)c2ccc(Cl)cc2n1-c1ccccc1. The minimum absolute atomic E-state index is 0.137. The molecule has 1 saturated heterocycles. The number of hydrogen-bond acceptors (Lipinski definition) is 6. The largest absolute Gasteiger partial charge is 0.464 e. The van der Waals surface area contributed by atoms with Gasteiger partial charge in [0.25, 0.3) is 5.91 Å². The standard InChI is InChI=1S/C31H30ClN3O5/c1-39-31(38)28-26(29(36)25-12-11-23(32)20-27(25)35(28)24-5-3-2-4-6-24)19-21-7-9-22(10-8-21)30(37)33-13-14-34-15-17-40-18-16-34/h2-12,20H,13-19H2,1H3,(H,33,37). The summed E-state index contributed by atoms with van der Waals surface area (Å²) in [5, 5.41) is 3.84. The Morgan fingerprint density at radius 1 is 1.00 bits per heavy atom.